The monoisotopic (exact) mass is 117 g/mol. The van der Waals surface area contributed by atoms with Crippen LogP contribution in [0.15, 0.2) is 16.2 Å². The van der Waals surface area contributed by atoms with Gasteiger partial charge in [-0.25, -0.2) is 4.99 Å². The Morgan fingerprint density at radius 2 is 2.14 bits per heavy atom. The molecule has 0 aromatic rings. The molecule has 0 aromatic heterocycles. The first kappa shape index (κ1) is 6.70. The van der Waals surface area contributed by atoms with Gasteiger partial charge < -0.3 is 0 Å². The molecule has 0 fully saturated rings. The Morgan fingerprint density at radius 1 is 1.57 bits per heavy atom. The smallest absolute Gasteiger partial charge is 0.124 e. The highest BCUT2D eigenvalue weighted by atomic mass is 35.5. The quantitative estimate of drug-likeness (QED) is 0.369. The van der Waals surface area contributed by atoms with Crippen molar-refractivity contribution in [3.8, 4) is 0 Å². The Kier molecular flexibility index (Phi) is 3.71. The van der Waals surface area contributed by atoms with E-state index >= 15 is 0 Å². The third kappa shape index (κ3) is 3.53. The highest BCUT2D eigenvalue weighted by Gasteiger charge is 1.74. The summed E-state index contributed by atoms with van der Waals surface area (Å²) in [6.45, 7) is 3.67. The van der Waals surface area contributed by atoms with E-state index in [0.29, 0.717) is 5.16 Å². The van der Waals surface area contributed by atoms with Crippen molar-refractivity contribution in [2.24, 2.45) is 4.99 Å². The first-order valence-electron chi connectivity index (χ1n) is 2.11. The summed E-state index contributed by atoms with van der Waals surface area (Å²) in [6, 6.07) is 0. The van der Waals surface area contributed by atoms with E-state index < -0.39 is 0 Å². The normalized spacial score (nSPS) is 13.3. The molecule has 0 saturated carbocycles. The van der Waals surface area contributed by atoms with Crippen LogP contribution in [0.5, 0.6) is 0 Å². The van der Waals surface area contributed by atoms with Crippen molar-refractivity contribution < 1.29 is 0 Å². The third-order valence-corrected chi connectivity index (χ3v) is 0.806. The van der Waals surface area contributed by atoms with Gasteiger partial charge in [0, 0.05) is 6.21 Å². The Labute approximate surface area is 48.7 Å². The molecular weight excluding hydrogens is 110 g/mol. The second-order valence-corrected chi connectivity index (χ2v) is 1.39. The lowest BCUT2D eigenvalue weighted by molar-refractivity contribution is 1.48. The highest BCUT2D eigenvalue weighted by Crippen LogP contribution is 1.98. The van der Waals surface area contributed by atoms with Crippen LogP contribution in [0, 0.1) is 0 Å². The molecule has 0 heterocycles. The minimum atomic E-state index is 0.544. The van der Waals surface area contributed by atoms with Crippen LogP contribution in [0.3, 0.4) is 0 Å². The van der Waals surface area contributed by atoms with Gasteiger partial charge in [0.05, 0.1) is 0 Å². The summed E-state index contributed by atoms with van der Waals surface area (Å²) in [5, 5.41) is 0.544. The number of allylic oxidation sites excluding steroid dienone is 1. The van der Waals surface area contributed by atoms with Gasteiger partial charge in [0.25, 0.3) is 0 Å². The number of rotatable bonds is 1. The average molecular weight is 118 g/mol. The van der Waals surface area contributed by atoms with Crippen molar-refractivity contribution in [3.63, 3.8) is 0 Å². The largest absolute Gasteiger partial charge is 0.250 e. The van der Waals surface area contributed by atoms with Gasteiger partial charge in [-0.1, -0.05) is 17.7 Å². The molecule has 0 bridgehead atoms. The maximum atomic E-state index is 5.43. The van der Waals surface area contributed by atoms with Gasteiger partial charge in [0.1, 0.15) is 5.16 Å². The SMILES string of the molecule is CC=NC(Cl)=CC. The van der Waals surface area contributed by atoms with Crippen LogP contribution in [-0.2, 0) is 0 Å². The maximum absolute atomic E-state index is 5.43. The molecule has 1 nitrogen and oxygen atoms in total. The van der Waals surface area contributed by atoms with E-state index in [9.17, 15) is 0 Å². The van der Waals surface area contributed by atoms with Crippen LogP contribution in [0.25, 0.3) is 0 Å². The average Bonchev–Trinajstić information content (AvgIpc) is 1.68. The molecule has 0 unspecified atom stereocenters. The lowest BCUT2D eigenvalue weighted by Crippen LogP contribution is -1.60. The van der Waals surface area contributed by atoms with Gasteiger partial charge in [-0.3, -0.25) is 0 Å². The molecule has 0 rings (SSSR count). The third-order valence-electron chi connectivity index (χ3n) is 0.491. The second-order valence-electron chi connectivity index (χ2n) is 0.999. The van der Waals surface area contributed by atoms with Crippen molar-refractivity contribution in [2.75, 3.05) is 0 Å². The van der Waals surface area contributed by atoms with E-state index in [2.05, 4.69) is 4.99 Å². The molecule has 2 heteroatoms. The lowest BCUT2D eigenvalue weighted by Gasteiger charge is -1.78. The standard InChI is InChI=1S/C5H8ClN/c1-3-5(6)7-4-2/h3-4H,1-2H3. The summed E-state index contributed by atoms with van der Waals surface area (Å²) in [7, 11) is 0. The Balaban J connectivity index is 3.58. The molecule has 0 aromatic carbocycles. The van der Waals surface area contributed by atoms with Crippen LogP contribution in [0.4, 0.5) is 0 Å². The van der Waals surface area contributed by atoms with Crippen molar-refractivity contribution in [3.05, 3.63) is 11.2 Å². The van der Waals surface area contributed by atoms with Crippen LogP contribution < -0.4 is 0 Å². The maximum Gasteiger partial charge on any atom is 0.124 e. The van der Waals surface area contributed by atoms with E-state index in [-0.39, 0.29) is 0 Å². The summed E-state index contributed by atoms with van der Waals surface area (Å²) in [5.74, 6) is 0. The molecule has 0 saturated heterocycles. The van der Waals surface area contributed by atoms with Gasteiger partial charge in [-0.05, 0) is 13.8 Å². The molecule has 0 aliphatic rings. The summed E-state index contributed by atoms with van der Waals surface area (Å²) < 4.78 is 0. The minimum absolute atomic E-state index is 0.544. The van der Waals surface area contributed by atoms with E-state index in [0.717, 1.165) is 0 Å². The molecule has 0 aliphatic heterocycles. The molecular formula is C5H8ClN. The van der Waals surface area contributed by atoms with E-state index in [1.54, 1.807) is 12.3 Å². The Bertz CT molecular complexity index is 94.3. The van der Waals surface area contributed by atoms with Gasteiger partial charge in [-0.2, -0.15) is 0 Å². The Morgan fingerprint density at radius 3 is 2.29 bits per heavy atom. The zero-order chi connectivity index (χ0) is 5.70. The Hall–Kier alpha value is -0.300. The zero-order valence-electron chi connectivity index (χ0n) is 4.48. The second kappa shape index (κ2) is 3.88. The first-order chi connectivity index (χ1) is 3.31. The van der Waals surface area contributed by atoms with Crippen molar-refractivity contribution in [1.82, 2.24) is 0 Å². The number of hydrogen-bond donors (Lipinski definition) is 0. The van der Waals surface area contributed by atoms with Gasteiger partial charge in [0.2, 0.25) is 0 Å². The molecule has 0 N–H and O–H groups in total. The lowest BCUT2D eigenvalue weighted by atomic mass is 10.7. The summed E-state index contributed by atoms with van der Waals surface area (Å²) >= 11 is 5.43. The number of hydrogen-bond acceptors (Lipinski definition) is 1. The van der Waals surface area contributed by atoms with Crippen molar-refractivity contribution >= 4 is 17.8 Å². The van der Waals surface area contributed by atoms with Crippen LogP contribution in [0.1, 0.15) is 13.8 Å². The summed E-state index contributed by atoms with van der Waals surface area (Å²) in [6.07, 6.45) is 3.39. The first-order valence-corrected chi connectivity index (χ1v) is 2.49. The van der Waals surface area contributed by atoms with Crippen LogP contribution in [-0.4, -0.2) is 6.21 Å². The minimum Gasteiger partial charge on any atom is -0.250 e. The van der Waals surface area contributed by atoms with Gasteiger partial charge in [-0.15, -0.1) is 0 Å². The fraction of sp³-hybridized carbons (Fsp3) is 0.400. The van der Waals surface area contributed by atoms with Crippen molar-refractivity contribution in [1.29, 1.82) is 0 Å². The van der Waals surface area contributed by atoms with Crippen molar-refractivity contribution in [2.45, 2.75) is 13.8 Å². The molecule has 0 aliphatic carbocycles. The molecule has 0 atom stereocenters. The number of aliphatic imine (C=N–C) groups is 1. The van der Waals surface area contributed by atoms with Crippen LogP contribution >= 0.6 is 11.6 Å². The zero-order valence-corrected chi connectivity index (χ0v) is 5.24. The fourth-order valence-electron chi connectivity index (χ4n) is 0.198. The van der Waals surface area contributed by atoms with Gasteiger partial charge in [0.15, 0.2) is 0 Å². The number of nitrogens with zero attached hydrogens (tertiary/aromatic N) is 1. The van der Waals surface area contributed by atoms with E-state index in [1.165, 1.54) is 0 Å². The fourth-order valence-corrected chi connectivity index (χ4v) is 0.295. The molecule has 40 valence electrons. The topological polar surface area (TPSA) is 12.4 Å². The molecule has 7 heavy (non-hydrogen) atoms. The molecule has 0 radical (unpaired) electrons. The highest BCUT2D eigenvalue weighted by molar-refractivity contribution is 6.29. The van der Waals surface area contributed by atoms with E-state index in [4.69, 9.17) is 11.6 Å². The number of halogens is 1. The predicted octanol–water partition coefficient (Wildman–Crippen LogP) is 2.18. The molecule has 0 spiro atoms. The molecule has 0 amide bonds. The predicted molar refractivity (Wildman–Crippen MR) is 33.8 cm³/mol. The summed E-state index contributed by atoms with van der Waals surface area (Å²) in [4.78, 5) is 3.74. The summed E-state index contributed by atoms with van der Waals surface area (Å²) in [5.41, 5.74) is 0. The van der Waals surface area contributed by atoms with E-state index in [1.807, 2.05) is 13.8 Å². The van der Waals surface area contributed by atoms with Crippen LogP contribution in [0.2, 0.25) is 0 Å². The van der Waals surface area contributed by atoms with Gasteiger partial charge >= 0.3 is 0 Å².